The second-order valence-corrected chi connectivity index (χ2v) is 12.1. The van der Waals surface area contributed by atoms with Gasteiger partial charge in [-0.05, 0) is 38.8 Å². The predicted octanol–water partition coefficient (Wildman–Crippen LogP) is 4.06. The van der Waals surface area contributed by atoms with E-state index in [1.165, 1.54) is 17.2 Å². The summed E-state index contributed by atoms with van der Waals surface area (Å²) in [5, 5.41) is 2.53. The fourth-order valence-electron chi connectivity index (χ4n) is 5.56. The fraction of sp³-hybridized carbons (Fsp3) is 0.375. The topological polar surface area (TPSA) is 110 Å². The van der Waals surface area contributed by atoms with Gasteiger partial charge in [0.15, 0.2) is 11.4 Å². The van der Waals surface area contributed by atoms with E-state index in [-0.39, 0.29) is 48.8 Å². The molecule has 232 valence electrons. The van der Waals surface area contributed by atoms with Crippen LogP contribution in [0.5, 0.6) is 5.75 Å². The number of rotatable bonds is 6. The quantitative estimate of drug-likeness (QED) is 0.452. The molecule has 2 aliphatic heterocycles. The van der Waals surface area contributed by atoms with Gasteiger partial charge in [-0.1, -0.05) is 36.4 Å². The Kier molecular flexibility index (Phi) is 8.19. The van der Waals surface area contributed by atoms with Gasteiger partial charge in [0.25, 0.3) is 11.8 Å². The van der Waals surface area contributed by atoms with Crippen molar-refractivity contribution in [1.29, 1.82) is 0 Å². The van der Waals surface area contributed by atoms with Gasteiger partial charge in [-0.3, -0.25) is 14.4 Å². The number of hydrogen-bond acceptors (Lipinski definition) is 6. The minimum absolute atomic E-state index is 0.0235. The van der Waals surface area contributed by atoms with Crippen LogP contribution in [-0.4, -0.2) is 64.6 Å². The molecule has 12 heteroatoms. The highest BCUT2D eigenvalue weighted by atomic mass is 19.1. The van der Waals surface area contributed by atoms with E-state index in [0.29, 0.717) is 19.0 Å². The SMILES string of the molecule is CN1CC2(CCN(C(=O)OC(C)(C)C)C2)n2cc(C(=O)NCc3ccc(F)cc3F)c(=O)c(OCc3ccccc3)c2C1=O. The number of pyridine rings is 1. The van der Waals surface area contributed by atoms with Gasteiger partial charge in [0, 0.05) is 51.1 Å². The van der Waals surface area contributed by atoms with Crippen molar-refractivity contribution >= 4 is 17.9 Å². The fourth-order valence-corrected chi connectivity index (χ4v) is 5.56. The number of likely N-dealkylation sites (tertiary alicyclic amines) is 1. The lowest BCUT2D eigenvalue weighted by molar-refractivity contribution is 0.0258. The summed E-state index contributed by atoms with van der Waals surface area (Å²) in [7, 11) is 1.60. The highest BCUT2D eigenvalue weighted by Gasteiger charge is 2.49. The Morgan fingerprint density at radius 2 is 1.77 bits per heavy atom. The first-order valence-corrected chi connectivity index (χ1v) is 14.2. The standard InChI is InChI=1S/C32H34F2N4O6/c1-31(2,3)44-30(42)37-13-12-32(19-37)18-36(4)29(41)25-27(43-17-20-8-6-5-7-9-20)26(39)23(16-38(25)32)28(40)35-15-21-10-11-22(33)14-24(21)34/h5-11,14,16H,12-13,15,17-19H2,1-4H3,(H,35,40). The maximum absolute atomic E-state index is 14.3. The van der Waals surface area contributed by atoms with E-state index in [0.717, 1.165) is 11.6 Å². The number of amides is 3. The van der Waals surface area contributed by atoms with Gasteiger partial charge >= 0.3 is 6.09 Å². The van der Waals surface area contributed by atoms with Crippen LogP contribution in [-0.2, 0) is 23.4 Å². The molecule has 1 fully saturated rings. The molecular formula is C32H34F2N4O6. The normalized spacial score (nSPS) is 17.9. The molecule has 0 saturated carbocycles. The first kappa shape index (κ1) is 30.7. The lowest BCUT2D eigenvalue weighted by Crippen LogP contribution is -2.55. The van der Waals surface area contributed by atoms with E-state index >= 15 is 0 Å². The largest absolute Gasteiger partial charge is 0.483 e. The number of hydrogen-bond donors (Lipinski definition) is 1. The number of ether oxygens (including phenoxy) is 2. The van der Waals surface area contributed by atoms with Crippen LogP contribution >= 0.6 is 0 Å². The van der Waals surface area contributed by atoms with Crippen LogP contribution in [0.4, 0.5) is 13.6 Å². The van der Waals surface area contributed by atoms with E-state index in [9.17, 15) is 28.0 Å². The van der Waals surface area contributed by atoms with Gasteiger partial charge in [0.05, 0.1) is 5.54 Å². The third-order valence-corrected chi connectivity index (χ3v) is 7.67. The molecule has 1 aromatic heterocycles. The highest BCUT2D eigenvalue weighted by molar-refractivity contribution is 5.99. The molecule has 0 aliphatic carbocycles. The summed E-state index contributed by atoms with van der Waals surface area (Å²) in [6.45, 7) is 5.59. The summed E-state index contributed by atoms with van der Waals surface area (Å²) in [6.07, 6.45) is 1.20. The molecular weight excluding hydrogens is 574 g/mol. The first-order chi connectivity index (χ1) is 20.8. The van der Waals surface area contributed by atoms with Crippen LogP contribution in [0.2, 0.25) is 0 Å². The van der Waals surface area contributed by atoms with Crippen molar-refractivity contribution in [3.8, 4) is 5.75 Å². The number of carbonyl (C=O) groups is 3. The number of benzene rings is 2. The summed E-state index contributed by atoms with van der Waals surface area (Å²) < 4.78 is 40.8. The van der Waals surface area contributed by atoms with Crippen LogP contribution in [0.3, 0.4) is 0 Å². The lowest BCUT2D eigenvalue weighted by atomic mass is 9.92. The van der Waals surface area contributed by atoms with Crippen molar-refractivity contribution in [3.05, 3.63) is 99.0 Å². The monoisotopic (exact) mass is 608 g/mol. The molecule has 3 heterocycles. The number of fused-ring (bicyclic) bond motifs is 2. The van der Waals surface area contributed by atoms with Crippen LogP contribution < -0.4 is 15.5 Å². The summed E-state index contributed by atoms with van der Waals surface area (Å²) in [5.41, 5.74) is -2.04. The molecule has 1 atom stereocenters. The zero-order valence-electron chi connectivity index (χ0n) is 25.0. The number of halogens is 2. The Labute approximate surface area is 253 Å². The number of nitrogens with zero attached hydrogens (tertiary/aromatic N) is 3. The molecule has 2 aliphatic rings. The van der Waals surface area contributed by atoms with Crippen molar-refractivity contribution in [3.63, 3.8) is 0 Å². The molecule has 5 rings (SSSR count). The van der Waals surface area contributed by atoms with Gasteiger partial charge in [0.1, 0.15) is 29.4 Å². The van der Waals surface area contributed by atoms with E-state index < -0.39 is 46.1 Å². The van der Waals surface area contributed by atoms with Gasteiger partial charge in [-0.2, -0.15) is 0 Å². The molecule has 10 nitrogen and oxygen atoms in total. The molecule has 0 bridgehead atoms. The van der Waals surface area contributed by atoms with Crippen LogP contribution in [0.25, 0.3) is 0 Å². The van der Waals surface area contributed by atoms with Crippen molar-refractivity contribution in [2.24, 2.45) is 0 Å². The van der Waals surface area contributed by atoms with E-state index in [4.69, 9.17) is 9.47 Å². The van der Waals surface area contributed by atoms with Gasteiger partial charge < -0.3 is 29.2 Å². The average Bonchev–Trinajstić information content (AvgIpc) is 3.39. The Balaban J connectivity index is 1.57. The van der Waals surface area contributed by atoms with Crippen molar-refractivity contribution in [2.45, 2.75) is 51.5 Å². The Morgan fingerprint density at radius 1 is 1.05 bits per heavy atom. The molecule has 1 spiro atoms. The maximum atomic E-state index is 14.3. The zero-order valence-corrected chi connectivity index (χ0v) is 25.0. The predicted molar refractivity (Wildman–Crippen MR) is 156 cm³/mol. The van der Waals surface area contributed by atoms with Crippen molar-refractivity contribution in [1.82, 2.24) is 19.7 Å². The zero-order chi connectivity index (χ0) is 31.8. The van der Waals surface area contributed by atoms with Gasteiger partial charge in [-0.25, -0.2) is 13.6 Å². The van der Waals surface area contributed by atoms with Crippen LogP contribution in [0.1, 0.15) is 59.2 Å². The Morgan fingerprint density at radius 3 is 2.45 bits per heavy atom. The molecule has 1 N–H and O–H groups in total. The van der Waals surface area contributed by atoms with Crippen LogP contribution in [0, 0.1) is 11.6 Å². The third kappa shape index (κ3) is 6.15. The minimum Gasteiger partial charge on any atom is -0.483 e. The Bertz CT molecular complexity index is 1670. The van der Waals surface area contributed by atoms with E-state index in [2.05, 4.69) is 5.32 Å². The third-order valence-electron chi connectivity index (χ3n) is 7.67. The summed E-state index contributed by atoms with van der Waals surface area (Å²) >= 11 is 0. The van der Waals surface area contributed by atoms with E-state index in [1.807, 2.05) is 6.07 Å². The van der Waals surface area contributed by atoms with Gasteiger partial charge in [-0.15, -0.1) is 0 Å². The average molecular weight is 609 g/mol. The van der Waals surface area contributed by atoms with Gasteiger partial charge in [0.2, 0.25) is 5.43 Å². The molecule has 1 unspecified atom stereocenters. The highest BCUT2D eigenvalue weighted by Crippen LogP contribution is 2.38. The van der Waals surface area contributed by atoms with Crippen molar-refractivity contribution in [2.75, 3.05) is 26.7 Å². The minimum atomic E-state index is -0.897. The summed E-state index contributed by atoms with van der Waals surface area (Å²) in [4.78, 5) is 56.9. The number of carbonyl (C=O) groups excluding carboxylic acids is 3. The number of nitrogens with one attached hydrogen (secondary N) is 1. The Hall–Kier alpha value is -4.74. The molecule has 3 amide bonds. The smallest absolute Gasteiger partial charge is 0.410 e. The molecule has 0 radical (unpaired) electrons. The molecule has 2 aromatic carbocycles. The molecule has 3 aromatic rings. The summed E-state index contributed by atoms with van der Waals surface area (Å²) in [5.74, 6) is -3.22. The second kappa shape index (κ2) is 11.7. The summed E-state index contributed by atoms with van der Waals surface area (Å²) in [6, 6.07) is 12.0. The van der Waals surface area contributed by atoms with Crippen LogP contribution in [0.15, 0.2) is 59.5 Å². The lowest BCUT2D eigenvalue weighted by Gasteiger charge is -2.42. The first-order valence-electron chi connectivity index (χ1n) is 14.2. The maximum Gasteiger partial charge on any atom is 0.410 e. The second-order valence-electron chi connectivity index (χ2n) is 12.1. The molecule has 1 saturated heterocycles. The molecule has 44 heavy (non-hydrogen) atoms. The van der Waals surface area contributed by atoms with E-state index in [1.54, 1.807) is 61.6 Å². The van der Waals surface area contributed by atoms with Crippen molar-refractivity contribution < 1.29 is 32.6 Å². The number of likely N-dealkylation sites (N-methyl/N-ethyl adjacent to an activating group) is 1. The number of aromatic nitrogens is 1.